The molecular weight excluding hydrogens is 252 g/mol. The van der Waals surface area contributed by atoms with E-state index in [4.69, 9.17) is 22.1 Å². The van der Waals surface area contributed by atoms with E-state index < -0.39 is 5.54 Å². The van der Waals surface area contributed by atoms with Crippen molar-refractivity contribution >= 4 is 17.5 Å². The summed E-state index contributed by atoms with van der Waals surface area (Å²) < 4.78 is 5.62. The zero-order valence-corrected chi connectivity index (χ0v) is 11.6. The van der Waals surface area contributed by atoms with Gasteiger partial charge in [0.2, 0.25) is 5.91 Å². The quantitative estimate of drug-likeness (QED) is 0.860. The average Bonchev–Trinajstić information content (AvgIpc) is 2.24. The second kappa shape index (κ2) is 6.07. The van der Waals surface area contributed by atoms with Gasteiger partial charge >= 0.3 is 0 Å². The van der Waals surface area contributed by atoms with Crippen LogP contribution in [0.2, 0.25) is 5.02 Å². The maximum Gasteiger partial charge on any atom is 0.239 e. The first-order valence-corrected chi connectivity index (χ1v) is 6.16. The molecule has 1 amide bonds. The van der Waals surface area contributed by atoms with E-state index in [2.05, 4.69) is 5.32 Å². The second-order valence-corrected chi connectivity index (χ2v) is 5.25. The average molecular weight is 271 g/mol. The van der Waals surface area contributed by atoms with Crippen LogP contribution >= 0.6 is 11.6 Å². The molecule has 0 bridgehead atoms. The van der Waals surface area contributed by atoms with Crippen molar-refractivity contribution in [1.29, 1.82) is 0 Å². The number of benzene rings is 1. The first kappa shape index (κ1) is 14.8. The molecule has 0 saturated carbocycles. The lowest BCUT2D eigenvalue weighted by molar-refractivity contribution is -0.125. The maximum atomic E-state index is 11.6. The molecule has 0 aromatic heterocycles. The Kier molecular flexibility index (Phi) is 4.99. The summed E-state index contributed by atoms with van der Waals surface area (Å²) in [5, 5.41) is 3.35. The van der Waals surface area contributed by atoms with Crippen molar-refractivity contribution in [2.75, 3.05) is 6.54 Å². The van der Waals surface area contributed by atoms with Crippen LogP contribution in [0.15, 0.2) is 24.3 Å². The fraction of sp³-hybridized carbons (Fsp3) is 0.462. The molecule has 0 saturated heterocycles. The van der Waals surface area contributed by atoms with Crippen LogP contribution in [-0.4, -0.2) is 24.1 Å². The van der Waals surface area contributed by atoms with Crippen molar-refractivity contribution in [3.63, 3.8) is 0 Å². The van der Waals surface area contributed by atoms with Crippen molar-refractivity contribution < 1.29 is 9.53 Å². The van der Waals surface area contributed by atoms with Gasteiger partial charge in [-0.25, -0.2) is 0 Å². The number of carbonyl (C=O) groups excluding carboxylic acids is 1. The lowest BCUT2D eigenvalue weighted by atomic mass is 10.1. The van der Waals surface area contributed by atoms with Gasteiger partial charge in [0.15, 0.2) is 0 Å². The van der Waals surface area contributed by atoms with Crippen LogP contribution in [0.25, 0.3) is 0 Å². The third-order valence-corrected chi connectivity index (χ3v) is 2.50. The Morgan fingerprint density at radius 3 is 2.78 bits per heavy atom. The van der Waals surface area contributed by atoms with Gasteiger partial charge in [-0.05, 0) is 39.0 Å². The molecule has 3 N–H and O–H groups in total. The van der Waals surface area contributed by atoms with Crippen LogP contribution in [0.4, 0.5) is 0 Å². The molecule has 0 heterocycles. The van der Waals surface area contributed by atoms with Gasteiger partial charge in [0, 0.05) is 5.02 Å². The molecule has 0 aliphatic heterocycles. The summed E-state index contributed by atoms with van der Waals surface area (Å²) in [6.45, 7) is 5.58. The summed E-state index contributed by atoms with van der Waals surface area (Å²) in [6.07, 6.45) is -0.158. The highest BCUT2D eigenvalue weighted by Crippen LogP contribution is 2.18. The summed E-state index contributed by atoms with van der Waals surface area (Å²) in [7, 11) is 0. The number of rotatable bonds is 5. The Balaban J connectivity index is 2.43. The number of halogens is 1. The number of amides is 1. The van der Waals surface area contributed by atoms with E-state index in [1.54, 1.807) is 26.0 Å². The number of nitrogens with one attached hydrogen (secondary N) is 1. The summed E-state index contributed by atoms with van der Waals surface area (Å²) in [4.78, 5) is 11.6. The van der Waals surface area contributed by atoms with Gasteiger partial charge in [-0.3, -0.25) is 4.79 Å². The van der Waals surface area contributed by atoms with Crippen molar-refractivity contribution in [3.8, 4) is 5.75 Å². The summed E-state index contributed by atoms with van der Waals surface area (Å²) in [6, 6.07) is 7.13. The third kappa shape index (κ3) is 4.94. The Morgan fingerprint density at radius 1 is 1.56 bits per heavy atom. The molecule has 1 aromatic rings. The SMILES string of the molecule is CC(CNC(=O)C(C)(C)N)Oc1cccc(Cl)c1. The van der Waals surface area contributed by atoms with Crippen LogP contribution < -0.4 is 15.8 Å². The minimum absolute atomic E-state index is 0.158. The number of hydrogen-bond acceptors (Lipinski definition) is 3. The number of hydrogen-bond donors (Lipinski definition) is 2. The normalized spacial score (nSPS) is 12.9. The van der Waals surface area contributed by atoms with E-state index in [0.717, 1.165) is 0 Å². The zero-order chi connectivity index (χ0) is 13.8. The topological polar surface area (TPSA) is 64.4 Å². The smallest absolute Gasteiger partial charge is 0.239 e. The van der Waals surface area contributed by atoms with Gasteiger partial charge in [0.05, 0.1) is 12.1 Å². The van der Waals surface area contributed by atoms with Crippen molar-refractivity contribution in [1.82, 2.24) is 5.32 Å². The highest BCUT2D eigenvalue weighted by Gasteiger charge is 2.21. The zero-order valence-electron chi connectivity index (χ0n) is 10.9. The minimum Gasteiger partial charge on any atom is -0.489 e. The Bertz CT molecular complexity index is 416. The summed E-state index contributed by atoms with van der Waals surface area (Å²) in [5.41, 5.74) is 4.79. The van der Waals surface area contributed by atoms with Crippen LogP contribution in [0.3, 0.4) is 0 Å². The molecule has 1 atom stereocenters. The first-order valence-electron chi connectivity index (χ1n) is 5.78. The lowest BCUT2D eigenvalue weighted by Gasteiger charge is -2.20. The van der Waals surface area contributed by atoms with Crippen LogP contribution in [0.1, 0.15) is 20.8 Å². The van der Waals surface area contributed by atoms with Gasteiger partial charge in [-0.1, -0.05) is 17.7 Å². The predicted octanol–water partition coefficient (Wildman–Crippen LogP) is 1.96. The van der Waals surface area contributed by atoms with Crippen molar-refractivity contribution in [3.05, 3.63) is 29.3 Å². The Morgan fingerprint density at radius 2 is 2.22 bits per heavy atom. The fourth-order valence-corrected chi connectivity index (χ4v) is 1.46. The minimum atomic E-state index is -0.879. The van der Waals surface area contributed by atoms with E-state index >= 15 is 0 Å². The lowest BCUT2D eigenvalue weighted by Crippen LogP contribution is -2.50. The molecule has 5 heteroatoms. The molecule has 100 valence electrons. The highest BCUT2D eigenvalue weighted by atomic mass is 35.5. The molecular formula is C13H19ClN2O2. The third-order valence-electron chi connectivity index (χ3n) is 2.27. The molecule has 0 aliphatic rings. The maximum absolute atomic E-state index is 11.6. The molecule has 1 aromatic carbocycles. The monoisotopic (exact) mass is 270 g/mol. The van der Waals surface area contributed by atoms with E-state index in [0.29, 0.717) is 17.3 Å². The van der Waals surface area contributed by atoms with Crippen molar-refractivity contribution in [2.24, 2.45) is 5.73 Å². The van der Waals surface area contributed by atoms with E-state index in [9.17, 15) is 4.79 Å². The van der Waals surface area contributed by atoms with Crippen LogP contribution in [-0.2, 0) is 4.79 Å². The van der Waals surface area contributed by atoms with E-state index in [1.807, 2.05) is 19.1 Å². The largest absolute Gasteiger partial charge is 0.489 e. The highest BCUT2D eigenvalue weighted by molar-refractivity contribution is 6.30. The molecule has 0 fully saturated rings. The van der Waals surface area contributed by atoms with Crippen LogP contribution in [0.5, 0.6) is 5.75 Å². The Hall–Kier alpha value is -1.26. The Labute approximate surface area is 112 Å². The molecule has 1 unspecified atom stereocenters. The van der Waals surface area contributed by atoms with Gasteiger partial charge in [0.1, 0.15) is 11.9 Å². The van der Waals surface area contributed by atoms with Crippen molar-refractivity contribution in [2.45, 2.75) is 32.4 Å². The first-order chi connectivity index (χ1) is 8.29. The number of ether oxygens (including phenoxy) is 1. The molecule has 18 heavy (non-hydrogen) atoms. The number of nitrogens with two attached hydrogens (primary N) is 1. The van der Waals surface area contributed by atoms with Gasteiger partial charge < -0.3 is 15.8 Å². The summed E-state index contributed by atoms with van der Waals surface area (Å²) >= 11 is 5.85. The fourth-order valence-electron chi connectivity index (χ4n) is 1.28. The molecule has 1 rings (SSSR count). The van der Waals surface area contributed by atoms with E-state index in [1.165, 1.54) is 0 Å². The summed E-state index contributed by atoms with van der Waals surface area (Å²) in [5.74, 6) is 0.473. The molecule has 0 spiro atoms. The predicted molar refractivity (Wildman–Crippen MR) is 72.8 cm³/mol. The van der Waals surface area contributed by atoms with Crippen LogP contribution in [0, 0.1) is 0 Å². The molecule has 0 aliphatic carbocycles. The van der Waals surface area contributed by atoms with Gasteiger partial charge in [0.25, 0.3) is 0 Å². The van der Waals surface area contributed by atoms with Gasteiger partial charge in [-0.15, -0.1) is 0 Å². The standard InChI is InChI=1S/C13H19ClN2O2/c1-9(8-16-12(17)13(2,3)15)18-11-6-4-5-10(14)7-11/h4-7,9H,8,15H2,1-3H3,(H,16,17). The molecule has 0 radical (unpaired) electrons. The number of carbonyl (C=O) groups is 1. The van der Waals surface area contributed by atoms with Gasteiger partial charge in [-0.2, -0.15) is 0 Å². The van der Waals surface area contributed by atoms with E-state index in [-0.39, 0.29) is 12.0 Å². The molecule has 4 nitrogen and oxygen atoms in total. The second-order valence-electron chi connectivity index (χ2n) is 4.82.